The number of alkyl halides is 2. The zero-order valence-electron chi connectivity index (χ0n) is 13.8. The van der Waals surface area contributed by atoms with Crippen LogP contribution in [0.2, 0.25) is 5.02 Å². The Morgan fingerprint density at radius 3 is 2.33 bits per heavy atom. The van der Waals surface area contributed by atoms with Gasteiger partial charge in [-0.3, -0.25) is 19.7 Å². The minimum atomic E-state index is -2.98. The third-order valence-electron chi connectivity index (χ3n) is 3.25. The van der Waals surface area contributed by atoms with Gasteiger partial charge in [0.2, 0.25) is 0 Å². The molecule has 1 N–H and O–H groups in total. The number of carbonyl (C=O) groups excluding carboxylic acids is 3. The first-order valence-corrected chi connectivity index (χ1v) is 8.01. The van der Waals surface area contributed by atoms with Crippen LogP contribution in [0.25, 0.3) is 0 Å². The van der Waals surface area contributed by atoms with E-state index in [9.17, 15) is 23.2 Å². The Labute approximate surface area is 158 Å². The molecule has 27 heavy (non-hydrogen) atoms. The van der Waals surface area contributed by atoms with Crippen LogP contribution in [0.1, 0.15) is 15.9 Å². The van der Waals surface area contributed by atoms with Crippen molar-refractivity contribution in [3.05, 3.63) is 64.7 Å². The van der Waals surface area contributed by atoms with Crippen LogP contribution in [0.4, 0.5) is 8.78 Å². The molecule has 2 rings (SSSR count). The van der Waals surface area contributed by atoms with Gasteiger partial charge in [0, 0.05) is 10.6 Å². The number of halogens is 3. The van der Waals surface area contributed by atoms with Crippen molar-refractivity contribution in [3.63, 3.8) is 0 Å². The summed E-state index contributed by atoms with van der Waals surface area (Å²) in [6, 6.07) is 11.4. The van der Waals surface area contributed by atoms with Gasteiger partial charge in [-0.1, -0.05) is 29.8 Å². The fourth-order valence-corrected chi connectivity index (χ4v) is 2.22. The molecule has 2 aromatic carbocycles. The standard InChI is InChI=1S/C18H14ClF2NO5/c19-14-4-2-1-3-12(14)9-16(24)26-10-15(23)22-17(25)11-5-7-13(8-6-11)27-18(20)21/h1-8,18H,9-10H2,(H,22,23,25). The van der Waals surface area contributed by atoms with Gasteiger partial charge in [-0.15, -0.1) is 0 Å². The van der Waals surface area contributed by atoms with Crippen LogP contribution in [-0.4, -0.2) is 31.0 Å². The van der Waals surface area contributed by atoms with E-state index in [-0.39, 0.29) is 17.7 Å². The quantitative estimate of drug-likeness (QED) is 0.726. The van der Waals surface area contributed by atoms with E-state index in [1.54, 1.807) is 24.3 Å². The van der Waals surface area contributed by atoms with Crippen molar-refractivity contribution in [2.45, 2.75) is 13.0 Å². The maximum Gasteiger partial charge on any atom is 0.387 e. The highest BCUT2D eigenvalue weighted by Crippen LogP contribution is 2.16. The number of amides is 2. The van der Waals surface area contributed by atoms with Crippen LogP contribution < -0.4 is 10.1 Å². The second-order valence-electron chi connectivity index (χ2n) is 5.21. The first kappa shape index (κ1) is 20.3. The average Bonchev–Trinajstić information content (AvgIpc) is 2.62. The molecule has 142 valence electrons. The van der Waals surface area contributed by atoms with Crippen molar-refractivity contribution in [1.29, 1.82) is 0 Å². The third-order valence-corrected chi connectivity index (χ3v) is 3.62. The van der Waals surface area contributed by atoms with Crippen LogP contribution >= 0.6 is 11.6 Å². The SMILES string of the molecule is O=C(COC(=O)Cc1ccccc1Cl)NC(=O)c1ccc(OC(F)F)cc1. The molecular formula is C18H14ClF2NO5. The van der Waals surface area contributed by atoms with Crippen molar-refractivity contribution in [2.24, 2.45) is 0 Å². The molecule has 2 amide bonds. The zero-order chi connectivity index (χ0) is 19.8. The zero-order valence-corrected chi connectivity index (χ0v) is 14.5. The molecule has 0 spiro atoms. The highest BCUT2D eigenvalue weighted by atomic mass is 35.5. The van der Waals surface area contributed by atoms with E-state index in [4.69, 9.17) is 16.3 Å². The Kier molecular flexibility index (Phi) is 7.25. The van der Waals surface area contributed by atoms with Crippen molar-refractivity contribution < 1.29 is 32.6 Å². The summed E-state index contributed by atoms with van der Waals surface area (Å²) < 4.78 is 33.1. The number of hydrogen-bond acceptors (Lipinski definition) is 5. The molecule has 6 nitrogen and oxygen atoms in total. The molecule has 0 aliphatic carbocycles. The molecule has 0 aliphatic rings. The molecule has 0 saturated heterocycles. The van der Waals surface area contributed by atoms with Gasteiger partial charge in [0.1, 0.15) is 5.75 Å². The van der Waals surface area contributed by atoms with Gasteiger partial charge in [0.05, 0.1) is 6.42 Å². The minimum Gasteiger partial charge on any atom is -0.455 e. The maximum absolute atomic E-state index is 12.1. The number of ether oxygens (including phenoxy) is 2. The van der Waals surface area contributed by atoms with E-state index in [2.05, 4.69) is 4.74 Å². The summed E-state index contributed by atoms with van der Waals surface area (Å²) >= 11 is 5.92. The van der Waals surface area contributed by atoms with Crippen LogP contribution in [0.3, 0.4) is 0 Å². The monoisotopic (exact) mass is 397 g/mol. The summed E-state index contributed by atoms with van der Waals surface area (Å²) in [5.74, 6) is -2.41. The molecule has 0 radical (unpaired) electrons. The van der Waals surface area contributed by atoms with Gasteiger partial charge in [-0.2, -0.15) is 8.78 Å². The van der Waals surface area contributed by atoms with E-state index in [0.717, 1.165) is 12.1 Å². The molecule has 0 atom stereocenters. The highest BCUT2D eigenvalue weighted by Gasteiger charge is 2.14. The lowest BCUT2D eigenvalue weighted by Gasteiger charge is -2.08. The Hall–Kier alpha value is -3.00. The summed E-state index contributed by atoms with van der Waals surface area (Å²) in [5.41, 5.74) is 0.596. The molecular weight excluding hydrogens is 384 g/mol. The van der Waals surface area contributed by atoms with Crippen molar-refractivity contribution >= 4 is 29.4 Å². The van der Waals surface area contributed by atoms with E-state index < -0.39 is 31.0 Å². The van der Waals surface area contributed by atoms with Crippen LogP contribution in [0.5, 0.6) is 5.75 Å². The Bertz CT molecular complexity index is 827. The van der Waals surface area contributed by atoms with Gasteiger partial charge < -0.3 is 9.47 Å². The number of esters is 1. The number of carbonyl (C=O) groups is 3. The third kappa shape index (κ3) is 6.67. The molecule has 0 bridgehead atoms. The molecule has 9 heteroatoms. The summed E-state index contributed by atoms with van der Waals surface area (Å²) in [6.07, 6.45) is -0.119. The van der Waals surface area contributed by atoms with E-state index >= 15 is 0 Å². The number of rotatable bonds is 7. The summed E-state index contributed by atoms with van der Waals surface area (Å²) in [6.45, 7) is -3.63. The van der Waals surface area contributed by atoms with Crippen molar-refractivity contribution in [2.75, 3.05) is 6.61 Å². The normalized spacial score (nSPS) is 10.4. The van der Waals surface area contributed by atoms with E-state index in [1.807, 2.05) is 5.32 Å². The molecule has 0 saturated carbocycles. The smallest absolute Gasteiger partial charge is 0.387 e. The largest absolute Gasteiger partial charge is 0.455 e. The first-order valence-electron chi connectivity index (χ1n) is 7.63. The van der Waals surface area contributed by atoms with Crippen LogP contribution in [0, 0.1) is 0 Å². The van der Waals surface area contributed by atoms with E-state index in [1.165, 1.54) is 12.1 Å². The average molecular weight is 398 g/mol. The van der Waals surface area contributed by atoms with Crippen molar-refractivity contribution in [3.8, 4) is 5.75 Å². The topological polar surface area (TPSA) is 81.7 Å². The lowest BCUT2D eigenvalue weighted by atomic mass is 10.1. The molecule has 2 aromatic rings. The van der Waals surface area contributed by atoms with Crippen LogP contribution in [0.15, 0.2) is 48.5 Å². The van der Waals surface area contributed by atoms with Gasteiger partial charge in [0.25, 0.3) is 11.8 Å². The Morgan fingerprint density at radius 2 is 1.70 bits per heavy atom. The first-order chi connectivity index (χ1) is 12.8. The molecule has 0 fully saturated rings. The minimum absolute atomic E-state index is 0.0485. The van der Waals surface area contributed by atoms with E-state index in [0.29, 0.717) is 10.6 Å². The summed E-state index contributed by atoms with van der Waals surface area (Å²) in [5, 5.41) is 2.41. The summed E-state index contributed by atoms with van der Waals surface area (Å²) in [4.78, 5) is 35.3. The fourth-order valence-electron chi connectivity index (χ4n) is 2.02. The predicted molar refractivity (Wildman–Crippen MR) is 91.7 cm³/mol. The van der Waals surface area contributed by atoms with Gasteiger partial charge in [0.15, 0.2) is 6.61 Å². The molecule has 0 unspecified atom stereocenters. The highest BCUT2D eigenvalue weighted by molar-refractivity contribution is 6.31. The van der Waals surface area contributed by atoms with Crippen molar-refractivity contribution in [1.82, 2.24) is 5.32 Å². The second-order valence-corrected chi connectivity index (χ2v) is 5.62. The number of nitrogens with one attached hydrogen (secondary N) is 1. The number of benzene rings is 2. The lowest BCUT2D eigenvalue weighted by molar-refractivity contribution is -0.147. The predicted octanol–water partition coefficient (Wildman–Crippen LogP) is 2.98. The molecule has 0 aromatic heterocycles. The lowest BCUT2D eigenvalue weighted by Crippen LogP contribution is -2.34. The number of imide groups is 1. The van der Waals surface area contributed by atoms with Gasteiger partial charge >= 0.3 is 12.6 Å². The Balaban J connectivity index is 1.80. The fraction of sp³-hybridized carbons (Fsp3) is 0.167. The van der Waals surface area contributed by atoms with Gasteiger partial charge in [-0.25, -0.2) is 0 Å². The summed E-state index contributed by atoms with van der Waals surface area (Å²) in [7, 11) is 0. The van der Waals surface area contributed by atoms with Crippen LogP contribution in [-0.2, 0) is 20.7 Å². The Morgan fingerprint density at radius 1 is 1.04 bits per heavy atom. The second kappa shape index (κ2) is 9.63. The number of hydrogen-bond donors (Lipinski definition) is 1. The van der Waals surface area contributed by atoms with Gasteiger partial charge in [-0.05, 0) is 35.9 Å². The molecule has 0 aliphatic heterocycles. The maximum atomic E-state index is 12.1. The molecule has 0 heterocycles.